The molecule has 0 heterocycles. The van der Waals surface area contributed by atoms with E-state index in [0.29, 0.717) is 0 Å². The quantitative estimate of drug-likeness (QED) is 0.714. The number of nitrogens with two attached hydrogens (primary N) is 1. The molecule has 0 aromatic heterocycles. The van der Waals surface area contributed by atoms with Gasteiger partial charge < -0.3 is 10.6 Å². The van der Waals surface area contributed by atoms with E-state index in [0.717, 1.165) is 18.4 Å². The molecule has 0 spiro atoms. The van der Waals surface area contributed by atoms with Crippen LogP contribution in [0.25, 0.3) is 0 Å². The van der Waals surface area contributed by atoms with Crippen LogP contribution in [0.2, 0.25) is 0 Å². The maximum absolute atomic E-state index is 11.6. The molecule has 5 nitrogen and oxygen atoms in total. The summed E-state index contributed by atoms with van der Waals surface area (Å²) in [4.78, 5) is 22.9. The minimum Gasteiger partial charge on any atom is -0.335 e. The lowest BCUT2D eigenvalue weighted by atomic mass is 10.1. The number of carbonyl (C=O) groups excluding carboxylic acids is 2. The van der Waals surface area contributed by atoms with E-state index in [9.17, 15) is 9.59 Å². The zero-order chi connectivity index (χ0) is 13.7. The predicted octanol–water partition coefficient (Wildman–Crippen LogP) is 0.299. The summed E-state index contributed by atoms with van der Waals surface area (Å²) in [7, 11) is 0. The Bertz CT molecular complexity index is 443. The van der Waals surface area contributed by atoms with Gasteiger partial charge in [0, 0.05) is 11.6 Å². The third kappa shape index (κ3) is 4.71. The van der Waals surface area contributed by atoms with Crippen LogP contribution in [0.4, 0.5) is 4.79 Å². The fourth-order valence-corrected chi connectivity index (χ4v) is 1.80. The summed E-state index contributed by atoms with van der Waals surface area (Å²) < 4.78 is 0. The van der Waals surface area contributed by atoms with E-state index in [4.69, 9.17) is 0 Å². The van der Waals surface area contributed by atoms with Gasteiger partial charge >= 0.3 is 6.03 Å². The van der Waals surface area contributed by atoms with Gasteiger partial charge in [-0.3, -0.25) is 10.1 Å². The molecule has 2 rings (SSSR count). The molecule has 0 radical (unpaired) electrons. The summed E-state index contributed by atoms with van der Waals surface area (Å²) in [6.07, 6.45) is 2.03. The summed E-state index contributed by atoms with van der Waals surface area (Å²) in [5.41, 5.74) is 1.16. The number of hydrogen-bond donors (Lipinski definition) is 3. The van der Waals surface area contributed by atoms with Gasteiger partial charge in [-0.25, -0.2) is 4.79 Å². The Labute approximate surface area is 112 Å². The van der Waals surface area contributed by atoms with Gasteiger partial charge in [0.2, 0.25) is 0 Å². The summed E-state index contributed by atoms with van der Waals surface area (Å²) in [6.45, 7) is 2.28. The molecule has 1 fully saturated rings. The molecule has 102 valence electrons. The van der Waals surface area contributed by atoms with Gasteiger partial charge in [0.25, 0.3) is 5.91 Å². The second-order valence-corrected chi connectivity index (χ2v) is 4.94. The monoisotopic (exact) mass is 262 g/mol. The van der Waals surface area contributed by atoms with Crippen LogP contribution in [0, 0.1) is 0 Å². The fourth-order valence-electron chi connectivity index (χ4n) is 1.80. The summed E-state index contributed by atoms with van der Waals surface area (Å²) >= 11 is 0. The molecule has 0 saturated heterocycles. The first-order valence-electron chi connectivity index (χ1n) is 6.64. The fraction of sp³-hybridized carbons (Fsp3) is 0.429. The molecule has 1 atom stereocenters. The van der Waals surface area contributed by atoms with Gasteiger partial charge in [0.05, 0.1) is 0 Å². The molecule has 0 aliphatic heterocycles. The maximum Gasteiger partial charge on any atom is 0.321 e. The average molecular weight is 262 g/mol. The van der Waals surface area contributed by atoms with Crippen molar-refractivity contribution >= 4 is 11.9 Å². The van der Waals surface area contributed by atoms with E-state index in [2.05, 4.69) is 10.6 Å². The standard InChI is InChI=1S/C14H19N3O2/c1-10(11-5-3-2-4-6-11)15-9-13(18)17-14(19)16-12-7-8-12/h2-6,10,12,15H,7-9H2,1H3,(H2,16,17,18,19)/p+1/t10-/m1/s1. The van der Waals surface area contributed by atoms with Crippen molar-refractivity contribution in [1.82, 2.24) is 10.6 Å². The molecule has 1 aromatic rings. The lowest BCUT2D eigenvalue weighted by molar-refractivity contribution is -0.682. The predicted molar refractivity (Wildman–Crippen MR) is 71.3 cm³/mol. The van der Waals surface area contributed by atoms with Crippen LogP contribution < -0.4 is 16.0 Å². The Morgan fingerprint density at radius 3 is 2.63 bits per heavy atom. The Kier molecular flexibility index (Phi) is 4.52. The normalized spacial score (nSPS) is 15.6. The number of imide groups is 1. The molecular formula is C14H20N3O2+. The SMILES string of the molecule is C[C@@H]([NH2+]CC(=O)NC(=O)NC1CC1)c1ccccc1. The van der Waals surface area contributed by atoms with Crippen molar-refractivity contribution in [3.63, 3.8) is 0 Å². The van der Waals surface area contributed by atoms with E-state index in [1.165, 1.54) is 0 Å². The van der Waals surface area contributed by atoms with Crippen molar-refractivity contribution in [2.75, 3.05) is 6.54 Å². The van der Waals surface area contributed by atoms with Gasteiger partial charge in [-0.1, -0.05) is 30.3 Å². The molecule has 0 unspecified atom stereocenters. The lowest BCUT2D eigenvalue weighted by Gasteiger charge is -2.10. The van der Waals surface area contributed by atoms with Crippen LogP contribution in [-0.2, 0) is 4.79 Å². The number of rotatable bonds is 5. The number of carbonyl (C=O) groups is 2. The summed E-state index contributed by atoms with van der Waals surface area (Å²) in [6, 6.07) is 10.0. The number of quaternary nitrogens is 1. The zero-order valence-corrected chi connectivity index (χ0v) is 11.1. The Morgan fingerprint density at radius 2 is 2.00 bits per heavy atom. The number of hydrogen-bond acceptors (Lipinski definition) is 2. The Hall–Kier alpha value is -1.88. The lowest BCUT2D eigenvalue weighted by Crippen LogP contribution is -2.87. The van der Waals surface area contributed by atoms with E-state index < -0.39 is 0 Å². The van der Waals surface area contributed by atoms with E-state index in [1.807, 2.05) is 42.6 Å². The Morgan fingerprint density at radius 1 is 1.32 bits per heavy atom. The highest BCUT2D eigenvalue weighted by Gasteiger charge is 2.24. The van der Waals surface area contributed by atoms with Gasteiger partial charge in [-0.2, -0.15) is 0 Å². The van der Waals surface area contributed by atoms with Crippen LogP contribution in [-0.4, -0.2) is 24.5 Å². The van der Waals surface area contributed by atoms with E-state index in [1.54, 1.807) is 0 Å². The number of urea groups is 1. The average Bonchev–Trinajstić information content (AvgIpc) is 3.20. The first-order chi connectivity index (χ1) is 9.15. The molecule has 1 aliphatic carbocycles. The van der Waals surface area contributed by atoms with Crippen molar-refractivity contribution in [3.05, 3.63) is 35.9 Å². The maximum atomic E-state index is 11.6. The van der Waals surface area contributed by atoms with Crippen LogP contribution >= 0.6 is 0 Å². The van der Waals surface area contributed by atoms with Crippen LogP contribution in [0.5, 0.6) is 0 Å². The van der Waals surface area contributed by atoms with E-state index >= 15 is 0 Å². The molecule has 5 heteroatoms. The first kappa shape index (κ1) is 13.5. The molecule has 1 saturated carbocycles. The van der Waals surface area contributed by atoms with Crippen molar-refractivity contribution in [3.8, 4) is 0 Å². The largest absolute Gasteiger partial charge is 0.335 e. The second-order valence-electron chi connectivity index (χ2n) is 4.94. The topological polar surface area (TPSA) is 74.8 Å². The highest BCUT2D eigenvalue weighted by molar-refractivity contribution is 5.94. The van der Waals surface area contributed by atoms with Crippen molar-refractivity contribution in [2.24, 2.45) is 0 Å². The molecule has 0 bridgehead atoms. The third-order valence-corrected chi connectivity index (χ3v) is 3.15. The number of nitrogens with one attached hydrogen (secondary N) is 2. The van der Waals surface area contributed by atoms with Crippen molar-refractivity contribution < 1.29 is 14.9 Å². The minimum absolute atomic E-state index is 0.193. The van der Waals surface area contributed by atoms with Gasteiger partial charge in [-0.15, -0.1) is 0 Å². The highest BCUT2D eigenvalue weighted by Crippen LogP contribution is 2.18. The van der Waals surface area contributed by atoms with Crippen molar-refractivity contribution in [1.29, 1.82) is 0 Å². The smallest absolute Gasteiger partial charge is 0.321 e. The van der Waals surface area contributed by atoms with Crippen LogP contribution in [0.3, 0.4) is 0 Å². The van der Waals surface area contributed by atoms with E-state index in [-0.39, 0.29) is 30.6 Å². The molecule has 4 N–H and O–H groups in total. The molecule has 1 aliphatic rings. The van der Waals surface area contributed by atoms with Crippen LogP contribution in [0.1, 0.15) is 31.4 Å². The minimum atomic E-state index is -0.381. The highest BCUT2D eigenvalue weighted by atomic mass is 16.2. The summed E-state index contributed by atoms with van der Waals surface area (Å²) in [5, 5.41) is 6.97. The van der Waals surface area contributed by atoms with Gasteiger partial charge in [-0.05, 0) is 19.8 Å². The second kappa shape index (κ2) is 6.33. The summed E-state index contributed by atoms with van der Waals surface area (Å²) in [5.74, 6) is -0.263. The molecule has 19 heavy (non-hydrogen) atoms. The number of benzene rings is 1. The number of amides is 3. The zero-order valence-electron chi connectivity index (χ0n) is 11.1. The molecule has 1 aromatic carbocycles. The molecule has 3 amide bonds. The third-order valence-electron chi connectivity index (χ3n) is 3.15. The first-order valence-corrected chi connectivity index (χ1v) is 6.64. The van der Waals surface area contributed by atoms with Gasteiger partial charge in [0.1, 0.15) is 6.04 Å². The molecular weight excluding hydrogens is 242 g/mol. The van der Waals surface area contributed by atoms with Crippen LogP contribution in [0.15, 0.2) is 30.3 Å². The van der Waals surface area contributed by atoms with Crippen molar-refractivity contribution in [2.45, 2.75) is 31.8 Å². The van der Waals surface area contributed by atoms with Gasteiger partial charge in [0.15, 0.2) is 6.54 Å². The Balaban J connectivity index is 1.69.